The van der Waals surface area contributed by atoms with Crippen molar-refractivity contribution in [1.29, 1.82) is 0 Å². The van der Waals surface area contributed by atoms with E-state index in [9.17, 15) is 0 Å². The first kappa shape index (κ1) is 22.8. The van der Waals surface area contributed by atoms with Gasteiger partial charge in [-0.15, -0.1) is 0 Å². The van der Waals surface area contributed by atoms with E-state index in [4.69, 9.17) is 29.7 Å². The summed E-state index contributed by atoms with van der Waals surface area (Å²) in [6, 6.07) is 0. The molecule has 0 heterocycles. The first-order valence-corrected chi connectivity index (χ1v) is 1.28. The van der Waals surface area contributed by atoms with Gasteiger partial charge in [0.15, 0.2) is 0 Å². The van der Waals surface area contributed by atoms with Gasteiger partial charge < -0.3 is 29.7 Å². The SMILES string of the molecule is O=[C-]O.O=[C-]O.O=[C-]O.[Zr+3]. The van der Waals surface area contributed by atoms with E-state index in [1.165, 1.54) is 0 Å². The summed E-state index contributed by atoms with van der Waals surface area (Å²) in [5.74, 6) is 0. The van der Waals surface area contributed by atoms with Crippen molar-refractivity contribution in [2.24, 2.45) is 0 Å². The van der Waals surface area contributed by atoms with Crippen molar-refractivity contribution in [3.8, 4) is 0 Å². The van der Waals surface area contributed by atoms with Crippen molar-refractivity contribution in [2.45, 2.75) is 0 Å². The third kappa shape index (κ3) is 578. The Balaban J connectivity index is -0.0000000257. The molecule has 0 spiro atoms. The summed E-state index contributed by atoms with van der Waals surface area (Å²) in [4.78, 5) is 24.7. The average molecular weight is 226 g/mol. The Bertz CT molecular complexity index is 49.7. The van der Waals surface area contributed by atoms with Crippen molar-refractivity contribution in [3.63, 3.8) is 0 Å². The summed E-state index contributed by atoms with van der Waals surface area (Å²) in [5.41, 5.74) is 0. The van der Waals surface area contributed by atoms with Crippen LogP contribution in [0.2, 0.25) is 0 Å². The quantitative estimate of drug-likeness (QED) is 0.449. The van der Waals surface area contributed by atoms with Crippen LogP contribution in [0.5, 0.6) is 0 Å². The zero-order chi connectivity index (χ0) is 8.12. The van der Waals surface area contributed by atoms with Crippen molar-refractivity contribution in [1.82, 2.24) is 0 Å². The summed E-state index contributed by atoms with van der Waals surface area (Å²) in [6.45, 7) is 1.50. The van der Waals surface area contributed by atoms with E-state index in [-0.39, 0.29) is 26.2 Å². The van der Waals surface area contributed by atoms with E-state index >= 15 is 0 Å². The van der Waals surface area contributed by atoms with Crippen molar-refractivity contribution in [3.05, 3.63) is 0 Å². The van der Waals surface area contributed by atoms with Crippen LogP contribution >= 0.6 is 0 Å². The molecule has 7 heteroatoms. The van der Waals surface area contributed by atoms with Crippen LogP contribution in [0, 0.1) is 0 Å². The van der Waals surface area contributed by atoms with Crippen LogP contribution in [-0.4, -0.2) is 34.7 Å². The van der Waals surface area contributed by atoms with Gasteiger partial charge in [0.2, 0.25) is 0 Å². The van der Waals surface area contributed by atoms with Crippen LogP contribution in [0.25, 0.3) is 0 Å². The standard InChI is InChI=1S/3CHO2.Zr/c3*2-1-3;/h3*(H,2,3);/q3*-1;+3. The molecule has 0 aliphatic heterocycles. The molecule has 0 aromatic rings. The molecular weight excluding hydrogens is 223 g/mol. The molecule has 1 radical (unpaired) electrons. The maximum absolute atomic E-state index is 8.24. The Kier molecular flexibility index (Phi) is 191. The van der Waals surface area contributed by atoms with Gasteiger partial charge in [-0.2, -0.15) is 0 Å². The third-order valence-corrected chi connectivity index (χ3v) is 0. The summed E-state index contributed by atoms with van der Waals surface area (Å²) >= 11 is 0. The van der Waals surface area contributed by atoms with Crippen molar-refractivity contribution in [2.75, 3.05) is 0 Å². The predicted octanol–water partition coefficient (Wildman–Crippen LogP) is -1.17. The van der Waals surface area contributed by atoms with Crippen LogP contribution in [-0.2, 0) is 40.6 Å². The Morgan fingerprint density at radius 1 is 0.700 bits per heavy atom. The molecule has 0 saturated carbocycles. The minimum Gasteiger partial charge on any atom is -0.665 e. The molecule has 55 valence electrons. The van der Waals surface area contributed by atoms with E-state index in [1.54, 1.807) is 0 Å². The van der Waals surface area contributed by atoms with Crippen molar-refractivity contribution < 1.29 is 55.9 Å². The van der Waals surface area contributed by atoms with Crippen LogP contribution in [0.1, 0.15) is 0 Å². The number of rotatable bonds is 0. The van der Waals surface area contributed by atoms with Crippen molar-refractivity contribution >= 4 is 19.4 Å². The molecule has 0 amide bonds. The molecule has 0 bridgehead atoms. The third-order valence-electron chi connectivity index (χ3n) is 0. The molecule has 10 heavy (non-hydrogen) atoms. The van der Waals surface area contributed by atoms with E-state index in [0.29, 0.717) is 19.4 Å². The normalized spacial score (nSPS) is 3.60. The molecule has 0 aliphatic carbocycles. The summed E-state index contributed by atoms with van der Waals surface area (Å²) < 4.78 is 0. The minimum absolute atomic E-state index is 0. The van der Waals surface area contributed by atoms with Gasteiger partial charge in [0.05, 0.1) is 0 Å². The second-order valence-electron chi connectivity index (χ2n) is 0.274. The zero-order valence-electron chi connectivity index (χ0n) is 4.57. The predicted molar refractivity (Wildman–Crippen MR) is 25.0 cm³/mol. The van der Waals surface area contributed by atoms with E-state index in [0.717, 1.165) is 0 Å². The Labute approximate surface area is 75.6 Å². The second-order valence-corrected chi connectivity index (χ2v) is 0.274. The molecule has 0 fully saturated rings. The van der Waals surface area contributed by atoms with Crippen LogP contribution < -0.4 is 0 Å². The summed E-state index contributed by atoms with van der Waals surface area (Å²) in [7, 11) is 0. The average Bonchev–Trinajstić information content (AvgIpc) is 1.70. The van der Waals surface area contributed by atoms with Crippen LogP contribution in [0.15, 0.2) is 0 Å². The molecule has 0 aromatic carbocycles. The molecule has 0 aromatic heterocycles. The fourth-order valence-corrected chi connectivity index (χ4v) is 0. The maximum atomic E-state index is 8.24. The molecule has 0 atom stereocenters. The van der Waals surface area contributed by atoms with Gasteiger partial charge in [-0.1, -0.05) is 19.4 Å². The first-order chi connectivity index (χ1) is 4.24. The Morgan fingerprint density at radius 3 is 0.700 bits per heavy atom. The van der Waals surface area contributed by atoms with E-state index < -0.39 is 0 Å². The van der Waals surface area contributed by atoms with Gasteiger partial charge in [0, 0.05) is 0 Å². The first-order valence-electron chi connectivity index (χ1n) is 1.28. The molecule has 0 aliphatic rings. The fourth-order valence-electron chi connectivity index (χ4n) is 0. The van der Waals surface area contributed by atoms with Gasteiger partial charge in [0.1, 0.15) is 0 Å². The summed E-state index contributed by atoms with van der Waals surface area (Å²) in [5, 5.41) is 20.3. The van der Waals surface area contributed by atoms with Gasteiger partial charge in [0.25, 0.3) is 0 Å². The largest absolute Gasteiger partial charge is 3.00 e. The molecule has 0 saturated heterocycles. The smallest absolute Gasteiger partial charge is 0.665 e. The molecule has 0 rings (SSSR count). The summed E-state index contributed by atoms with van der Waals surface area (Å²) in [6.07, 6.45) is 0. The fraction of sp³-hybridized carbons (Fsp3) is 0. The van der Waals surface area contributed by atoms with Crippen LogP contribution in [0.3, 0.4) is 0 Å². The molecule has 0 unspecified atom stereocenters. The topological polar surface area (TPSA) is 112 Å². The van der Waals surface area contributed by atoms with E-state index in [2.05, 4.69) is 0 Å². The van der Waals surface area contributed by atoms with Crippen LogP contribution in [0.4, 0.5) is 0 Å². The maximum Gasteiger partial charge on any atom is 3.00 e. The Morgan fingerprint density at radius 2 is 0.700 bits per heavy atom. The number of hydrogen-bond acceptors (Lipinski definition) is 3. The minimum atomic E-state index is 0. The van der Waals surface area contributed by atoms with Gasteiger partial charge in [-0.25, -0.2) is 0 Å². The number of hydrogen-bond donors (Lipinski definition) is 3. The molecule has 6 nitrogen and oxygen atoms in total. The van der Waals surface area contributed by atoms with Gasteiger partial charge in [-0.3, -0.25) is 0 Å². The van der Waals surface area contributed by atoms with Gasteiger partial charge in [-0.05, 0) is 0 Å². The van der Waals surface area contributed by atoms with E-state index in [1.807, 2.05) is 0 Å². The monoisotopic (exact) mass is 225 g/mol. The molecular formula is C3H3O6Zr. The zero-order valence-corrected chi connectivity index (χ0v) is 7.02. The number of aliphatic hydroxyl groups excluding tert-OH is 3. The Hall–Kier alpha value is -0.707. The second kappa shape index (κ2) is 83.9. The van der Waals surface area contributed by atoms with Gasteiger partial charge >= 0.3 is 26.2 Å². The molecule has 3 N–H and O–H groups in total.